The van der Waals surface area contributed by atoms with Gasteiger partial charge in [-0.05, 0) is 53.9 Å². The van der Waals surface area contributed by atoms with E-state index in [0.29, 0.717) is 18.7 Å². The SMILES string of the molecule is COc1ccc(CN(Cc2ccc(OC)cc2)c2cc(C)c(C#N)cn2)cc1. The number of aromatic nitrogens is 1. The Labute approximate surface area is 165 Å². The maximum Gasteiger partial charge on any atom is 0.129 e. The number of benzene rings is 2. The zero-order valence-corrected chi connectivity index (χ0v) is 16.3. The van der Waals surface area contributed by atoms with Gasteiger partial charge in [0, 0.05) is 19.3 Å². The standard InChI is InChI=1S/C23H23N3O2/c1-17-12-23(25-14-20(17)13-24)26(15-18-4-8-21(27-2)9-5-18)16-19-6-10-22(28-3)11-7-19/h4-12,14H,15-16H2,1-3H3. The molecule has 1 heterocycles. The third kappa shape index (κ3) is 4.60. The minimum absolute atomic E-state index is 0.595. The first-order valence-corrected chi connectivity index (χ1v) is 9.00. The number of ether oxygens (including phenoxy) is 2. The monoisotopic (exact) mass is 373 g/mol. The number of pyridine rings is 1. The first kappa shape index (κ1) is 19.2. The quantitative estimate of drug-likeness (QED) is 0.611. The molecular formula is C23H23N3O2. The van der Waals surface area contributed by atoms with Crippen LogP contribution in [0.5, 0.6) is 11.5 Å². The molecule has 28 heavy (non-hydrogen) atoms. The number of methoxy groups -OCH3 is 2. The first-order valence-electron chi connectivity index (χ1n) is 9.00. The van der Waals surface area contributed by atoms with Crippen molar-refractivity contribution in [3.05, 3.63) is 83.0 Å². The van der Waals surface area contributed by atoms with E-state index in [9.17, 15) is 5.26 Å². The summed E-state index contributed by atoms with van der Waals surface area (Å²) < 4.78 is 10.5. The summed E-state index contributed by atoms with van der Waals surface area (Å²) in [6.07, 6.45) is 1.64. The van der Waals surface area contributed by atoms with Crippen LogP contribution in [0.1, 0.15) is 22.3 Å². The smallest absolute Gasteiger partial charge is 0.129 e. The molecule has 3 aromatic rings. The van der Waals surface area contributed by atoms with Gasteiger partial charge in [-0.1, -0.05) is 24.3 Å². The second-order valence-corrected chi connectivity index (χ2v) is 6.52. The van der Waals surface area contributed by atoms with Gasteiger partial charge in [0.25, 0.3) is 0 Å². The van der Waals surface area contributed by atoms with Crippen LogP contribution in [0.2, 0.25) is 0 Å². The van der Waals surface area contributed by atoms with E-state index < -0.39 is 0 Å². The highest BCUT2D eigenvalue weighted by atomic mass is 16.5. The summed E-state index contributed by atoms with van der Waals surface area (Å²) in [5.74, 6) is 2.50. The minimum Gasteiger partial charge on any atom is -0.497 e. The van der Waals surface area contributed by atoms with Crippen LogP contribution in [0, 0.1) is 18.3 Å². The molecule has 0 radical (unpaired) electrons. The molecular weight excluding hydrogens is 350 g/mol. The Balaban J connectivity index is 1.89. The molecule has 0 bridgehead atoms. The number of anilines is 1. The maximum absolute atomic E-state index is 9.19. The van der Waals surface area contributed by atoms with Crippen molar-refractivity contribution in [1.82, 2.24) is 4.98 Å². The van der Waals surface area contributed by atoms with E-state index >= 15 is 0 Å². The molecule has 0 N–H and O–H groups in total. The molecule has 0 amide bonds. The summed E-state index contributed by atoms with van der Waals surface area (Å²) >= 11 is 0. The fourth-order valence-corrected chi connectivity index (χ4v) is 2.95. The van der Waals surface area contributed by atoms with Crippen molar-refractivity contribution >= 4 is 5.82 Å². The Kier molecular flexibility index (Phi) is 6.13. The van der Waals surface area contributed by atoms with Gasteiger partial charge in [-0.15, -0.1) is 0 Å². The Morgan fingerprint density at radius 2 is 1.39 bits per heavy atom. The van der Waals surface area contributed by atoms with E-state index in [1.807, 2.05) is 37.3 Å². The largest absolute Gasteiger partial charge is 0.497 e. The zero-order chi connectivity index (χ0) is 19.9. The third-order valence-electron chi connectivity index (χ3n) is 4.61. The van der Waals surface area contributed by atoms with Crippen molar-refractivity contribution < 1.29 is 9.47 Å². The molecule has 0 spiro atoms. The van der Waals surface area contributed by atoms with E-state index in [1.54, 1.807) is 20.4 Å². The molecule has 3 rings (SSSR count). The summed E-state index contributed by atoms with van der Waals surface area (Å²) in [5.41, 5.74) is 3.82. The number of aryl methyl sites for hydroxylation is 1. The molecule has 0 saturated heterocycles. The summed E-state index contributed by atoms with van der Waals surface area (Å²) in [6.45, 7) is 3.31. The van der Waals surface area contributed by atoms with Crippen LogP contribution in [0.4, 0.5) is 5.82 Å². The second kappa shape index (κ2) is 8.92. The van der Waals surface area contributed by atoms with Gasteiger partial charge in [0.2, 0.25) is 0 Å². The molecule has 0 fully saturated rings. The fourth-order valence-electron chi connectivity index (χ4n) is 2.95. The maximum atomic E-state index is 9.19. The number of rotatable bonds is 7. The van der Waals surface area contributed by atoms with E-state index in [-0.39, 0.29) is 0 Å². The highest BCUT2D eigenvalue weighted by Gasteiger charge is 2.12. The second-order valence-electron chi connectivity index (χ2n) is 6.52. The normalized spacial score (nSPS) is 10.2. The molecule has 2 aromatic carbocycles. The van der Waals surface area contributed by atoms with E-state index in [4.69, 9.17) is 9.47 Å². The van der Waals surface area contributed by atoms with Gasteiger partial charge in [-0.25, -0.2) is 4.98 Å². The van der Waals surface area contributed by atoms with Crippen molar-refractivity contribution in [3.63, 3.8) is 0 Å². The predicted octanol–water partition coefficient (Wildman–Crippen LogP) is 4.49. The summed E-state index contributed by atoms with van der Waals surface area (Å²) in [7, 11) is 3.32. The Hall–Kier alpha value is -3.52. The zero-order valence-electron chi connectivity index (χ0n) is 16.3. The lowest BCUT2D eigenvalue weighted by Crippen LogP contribution is -2.23. The lowest BCUT2D eigenvalue weighted by atomic mass is 10.1. The lowest BCUT2D eigenvalue weighted by molar-refractivity contribution is 0.414. The molecule has 0 aliphatic carbocycles. The topological polar surface area (TPSA) is 58.4 Å². The van der Waals surface area contributed by atoms with Crippen LogP contribution in [-0.2, 0) is 13.1 Å². The molecule has 0 saturated carbocycles. The molecule has 0 aliphatic rings. The van der Waals surface area contributed by atoms with Crippen molar-refractivity contribution in [2.24, 2.45) is 0 Å². The molecule has 1 aromatic heterocycles. The Bertz CT molecular complexity index is 911. The molecule has 0 atom stereocenters. The summed E-state index contributed by atoms with van der Waals surface area (Å²) in [5, 5.41) is 9.19. The van der Waals surface area contributed by atoms with Gasteiger partial charge in [0.1, 0.15) is 23.4 Å². The van der Waals surface area contributed by atoms with Gasteiger partial charge < -0.3 is 14.4 Å². The van der Waals surface area contributed by atoms with Gasteiger partial charge in [0.15, 0.2) is 0 Å². The lowest BCUT2D eigenvalue weighted by Gasteiger charge is -2.25. The van der Waals surface area contributed by atoms with Gasteiger partial charge in [-0.3, -0.25) is 0 Å². The van der Waals surface area contributed by atoms with Crippen LogP contribution in [0.3, 0.4) is 0 Å². The van der Waals surface area contributed by atoms with E-state index in [1.165, 1.54) is 0 Å². The number of nitrogens with zero attached hydrogens (tertiary/aromatic N) is 3. The molecule has 5 heteroatoms. The van der Waals surface area contributed by atoms with Crippen molar-refractivity contribution in [2.45, 2.75) is 20.0 Å². The molecule has 5 nitrogen and oxygen atoms in total. The number of hydrogen-bond donors (Lipinski definition) is 0. The van der Waals surface area contributed by atoms with Crippen LogP contribution in [0.25, 0.3) is 0 Å². The summed E-state index contributed by atoms with van der Waals surface area (Å²) in [6, 6.07) is 20.2. The van der Waals surface area contributed by atoms with Gasteiger partial charge in [0.05, 0.1) is 19.8 Å². The molecule has 142 valence electrons. The van der Waals surface area contributed by atoms with Gasteiger partial charge in [-0.2, -0.15) is 5.26 Å². The Morgan fingerprint density at radius 3 is 1.79 bits per heavy atom. The average Bonchev–Trinajstić information content (AvgIpc) is 2.74. The predicted molar refractivity (Wildman–Crippen MR) is 110 cm³/mol. The highest BCUT2D eigenvalue weighted by Crippen LogP contribution is 2.22. The average molecular weight is 373 g/mol. The Morgan fingerprint density at radius 1 is 0.893 bits per heavy atom. The highest BCUT2D eigenvalue weighted by molar-refractivity contribution is 5.48. The van der Waals surface area contributed by atoms with Gasteiger partial charge >= 0.3 is 0 Å². The number of nitriles is 1. The minimum atomic E-state index is 0.595. The van der Waals surface area contributed by atoms with Crippen molar-refractivity contribution in [1.29, 1.82) is 5.26 Å². The molecule has 0 unspecified atom stereocenters. The fraction of sp³-hybridized carbons (Fsp3) is 0.217. The van der Waals surface area contributed by atoms with Crippen LogP contribution in [0.15, 0.2) is 60.8 Å². The van der Waals surface area contributed by atoms with Crippen LogP contribution in [-0.4, -0.2) is 19.2 Å². The van der Waals surface area contributed by atoms with Crippen molar-refractivity contribution in [2.75, 3.05) is 19.1 Å². The van der Waals surface area contributed by atoms with E-state index in [0.717, 1.165) is 34.0 Å². The summed E-state index contributed by atoms with van der Waals surface area (Å²) in [4.78, 5) is 6.72. The van der Waals surface area contributed by atoms with Crippen LogP contribution < -0.4 is 14.4 Å². The number of hydrogen-bond acceptors (Lipinski definition) is 5. The third-order valence-corrected chi connectivity index (χ3v) is 4.61. The van der Waals surface area contributed by atoms with Crippen LogP contribution >= 0.6 is 0 Å². The van der Waals surface area contributed by atoms with E-state index in [2.05, 4.69) is 40.2 Å². The van der Waals surface area contributed by atoms with Crippen molar-refractivity contribution in [3.8, 4) is 17.6 Å². The first-order chi connectivity index (χ1) is 13.6. The molecule has 0 aliphatic heterocycles.